The number of nitrogens with zero attached hydrogens (tertiary/aromatic N) is 1. The molecule has 6 nitrogen and oxygen atoms in total. The van der Waals surface area contributed by atoms with Crippen molar-refractivity contribution in [2.45, 2.75) is 37.5 Å². The van der Waals surface area contributed by atoms with Gasteiger partial charge in [0, 0.05) is 18.6 Å². The predicted molar refractivity (Wildman–Crippen MR) is 145 cm³/mol. The van der Waals surface area contributed by atoms with Crippen LogP contribution in [-0.4, -0.2) is 59.9 Å². The zero-order valence-electron chi connectivity index (χ0n) is 21.3. The van der Waals surface area contributed by atoms with E-state index in [1.54, 1.807) is 0 Å². The maximum absolute atomic E-state index is 9.10. The van der Waals surface area contributed by atoms with Crippen molar-refractivity contribution < 1.29 is 24.5 Å². The largest absolute Gasteiger partial charge is 0.473 e. The first kappa shape index (κ1) is 28.1. The average molecular weight is 504 g/mol. The fourth-order valence-electron chi connectivity index (χ4n) is 4.98. The van der Waals surface area contributed by atoms with E-state index in [2.05, 4.69) is 95.9 Å². The van der Waals surface area contributed by atoms with Crippen LogP contribution in [0.5, 0.6) is 0 Å². The Morgan fingerprint density at radius 1 is 0.649 bits per heavy atom. The van der Waals surface area contributed by atoms with Gasteiger partial charge in [-0.15, -0.1) is 0 Å². The van der Waals surface area contributed by atoms with Gasteiger partial charge in [-0.25, -0.2) is 9.59 Å². The molecule has 0 atom stereocenters. The lowest BCUT2D eigenvalue weighted by atomic mass is 9.67. The topological polar surface area (TPSA) is 87.1 Å². The van der Waals surface area contributed by atoms with E-state index in [9.17, 15) is 0 Å². The van der Waals surface area contributed by atoms with Crippen LogP contribution in [0.4, 0.5) is 0 Å². The zero-order chi connectivity index (χ0) is 26.3. The lowest BCUT2D eigenvalue weighted by Crippen LogP contribution is -2.32. The first-order valence-electron chi connectivity index (χ1n) is 13.0. The molecule has 2 N–H and O–H groups in total. The fourth-order valence-corrected chi connectivity index (χ4v) is 4.98. The van der Waals surface area contributed by atoms with Gasteiger partial charge in [-0.05, 0) is 49.0 Å². The SMILES string of the molecule is O=C(O)C(=O)O.c1ccc(C(CCOCCN2CCCCCC2)(c2ccccc2)c2ccccc2)cc1. The van der Waals surface area contributed by atoms with Gasteiger partial charge in [0.25, 0.3) is 0 Å². The molecule has 1 aliphatic rings. The number of ether oxygens (including phenoxy) is 1. The molecule has 3 aromatic carbocycles. The number of carboxylic acids is 2. The fraction of sp³-hybridized carbons (Fsp3) is 0.355. The molecule has 4 rings (SSSR count). The summed E-state index contributed by atoms with van der Waals surface area (Å²) in [7, 11) is 0. The van der Waals surface area contributed by atoms with Crippen LogP contribution >= 0.6 is 0 Å². The number of likely N-dealkylation sites (tertiary alicyclic amines) is 1. The van der Waals surface area contributed by atoms with Crippen molar-refractivity contribution in [1.29, 1.82) is 0 Å². The van der Waals surface area contributed by atoms with Gasteiger partial charge in [-0.3, -0.25) is 0 Å². The summed E-state index contributed by atoms with van der Waals surface area (Å²) < 4.78 is 6.26. The Labute approximate surface area is 219 Å². The number of benzene rings is 3. The number of carboxylic acid groups (broad SMARTS) is 2. The van der Waals surface area contributed by atoms with Gasteiger partial charge >= 0.3 is 11.9 Å². The van der Waals surface area contributed by atoms with Gasteiger partial charge in [-0.1, -0.05) is 104 Å². The number of hydrogen-bond donors (Lipinski definition) is 2. The van der Waals surface area contributed by atoms with Crippen molar-refractivity contribution in [3.63, 3.8) is 0 Å². The monoisotopic (exact) mass is 503 g/mol. The summed E-state index contributed by atoms with van der Waals surface area (Å²) in [6, 6.07) is 32.8. The van der Waals surface area contributed by atoms with E-state index >= 15 is 0 Å². The molecule has 0 bridgehead atoms. The van der Waals surface area contributed by atoms with E-state index in [0.717, 1.165) is 26.2 Å². The normalized spacial score (nSPS) is 14.2. The molecule has 6 heteroatoms. The van der Waals surface area contributed by atoms with Crippen LogP contribution in [-0.2, 0) is 19.7 Å². The molecule has 1 aliphatic heterocycles. The first-order valence-corrected chi connectivity index (χ1v) is 13.0. The molecule has 0 aliphatic carbocycles. The third-order valence-electron chi connectivity index (χ3n) is 6.85. The van der Waals surface area contributed by atoms with Crippen molar-refractivity contribution in [2.24, 2.45) is 0 Å². The number of carbonyl (C=O) groups is 2. The van der Waals surface area contributed by atoms with Crippen molar-refractivity contribution in [3.05, 3.63) is 108 Å². The van der Waals surface area contributed by atoms with Gasteiger partial charge in [0.05, 0.1) is 6.61 Å². The standard InChI is InChI=1S/C29H35NO.C2H2O4/c1-2-13-22-30(21-12-1)23-25-31-24-20-29(26-14-6-3-7-15-26,27-16-8-4-9-17-27)28-18-10-5-11-19-28;3-1(4)2(5)6/h3-11,14-19H,1-2,12-13,20-25H2;(H,3,4)(H,5,6). The Morgan fingerprint density at radius 2 is 1.05 bits per heavy atom. The molecule has 0 saturated carbocycles. The second kappa shape index (κ2) is 14.9. The molecule has 1 fully saturated rings. The van der Waals surface area contributed by atoms with Crippen LogP contribution < -0.4 is 0 Å². The minimum absolute atomic E-state index is 0.216. The summed E-state index contributed by atoms with van der Waals surface area (Å²) in [5.74, 6) is -3.65. The third kappa shape index (κ3) is 8.27. The van der Waals surface area contributed by atoms with E-state index in [1.165, 1.54) is 55.5 Å². The highest BCUT2D eigenvalue weighted by Crippen LogP contribution is 2.42. The molecule has 3 aromatic rings. The van der Waals surface area contributed by atoms with Crippen LogP contribution in [0.2, 0.25) is 0 Å². The number of rotatable bonds is 9. The molecular formula is C31H37NO5. The van der Waals surface area contributed by atoms with E-state index in [-0.39, 0.29) is 5.41 Å². The second-order valence-corrected chi connectivity index (χ2v) is 9.23. The van der Waals surface area contributed by atoms with Gasteiger partial charge in [-0.2, -0.15) is 0 Å². The Kier molecular flexibility index (Phi) is 11.3. The van der Waals surface area contributed by atoms with E-state index < -0.39 is 11.9 Å². The molecule has 0 unspecified atom stereocenters. The second-order valence-electron chi connectivity index (χ2n) is 9.23. The Morgan fingerprint density at radius 3 is 1.43 bits per heavy atom. The van der Waals surface area contributed by atoms with Crippen LogP contribution in [0.1, 0.15) is 48.8 Å². The summed E-state index contributed by atoms with van der Waals surface area (Å²) in [6.45, 7) is 5.06. The highest BCUT2D eigenvalue weighted by molar-refractivity contribution is 6.27. The first-order chi connectivity index (χ1) is 18.0. The maximum Gasteiger partial charge on any atom is 0.414 e. The molecule has 1 heterocycles. The molecule has 0 amide bonds. The maximum atomic E-state index is 9.10. The molecule has 196 valence electrons. The minimum atomic E-state index is -1.82. The number of aliphatic carboxylic acids is 2. The van der Waals surface area contributed by atoms with Crippen molar-refractivity contribution in [2.75, 3.05) is 32.8 Å². The average Bonchev–Trinajstić information content (AvgIpc) is 3.22. The minimum Gasteiger partial charge on any atom is -0.473 e. The zero-order valence-corrected chi connectivity index (χ0v) is 21.3. The molecule has 0 radical (unpaired) electrons. The van der Waals surface area contributed by atoms with Crippen molar-refractivity contribution >= 4 is 11.9 Å². The van der Waals surface area contributed by atoms with Gasteiger partial charge in [0.1, 0.15) is 0 Å². The van der Waals surface area contributed by atoms with Crippen LogP contribution in [0.15, 0.2) is 91.0 Å². The summed E-state index contributed by atoms with van der Waals surface area (Å²) in [6.07, 6.45) is 6.35. The van der Waals surface area contributed by atoms with Crippen LogP contribution in [0.25, 0.3) is 0 Å². The quantitative estimate of drug-likeness (QED) is 0.229. The molecular weight excluding hydrogens is 466 g/mol. The summed E-state index contributed by atoms with van der Waals surface area (Å²) in [5.41, 5.74) is 3.75. The van der Waals surface area contributed by atoms with Crippen molar-refractivity contribution in [1.82, 2.24) is 4.90 Å². The van der Waals surface area contributed by atoms with Gasteiger partial charge < -0.3 is 19.8 Å². The lowest BCUT2D eigenvalue weighted by molar-refractivity contribution is -0.159. The van der Waals surface area contributed by atoms with E-state index in [1.807, 2.05) is 0 Å². The van der Waals surface area contributed by atoms with Crippen molar-refractivity contribution in [3.8, 4) is 0 Å². The lowest BCUT2D eigenvalue weighted by Gasteiger charge is -2.36. The highest BCUT2D eigenvalue weighted by Gasteiger charge is 2.35. The van der Waals surface area contributed by atoms with Crippen LogP contribution in [0, 0.1) is 0 Å². The molecule has 37 heavy (non-hydrogen) atoms. The smallest absolute Gasteiger partial charge is 0.414 e. The van der Waals surface area contributed by atoms with E-state index in [4.69, 9.17) is 24.5 Å². The van der Waals surface area contributed by atoms with Gasteiger partial charge in [0.15, 0.2) is 0 Å². The summed E-state index contributed by atoms with van der Waals surface area (Å²) in [5, 5.41) is 14.8. The Bertz CT molecular complexity index is 956. The summed E-state index contributed by atoms with van der Waals surface area (Å²) in [4.78, 5) is 20.8. The molecule has 0 aromatic heterocycles. The van der Waals surface area contributed by atoms with Crippen LogP contribution in [0.3, 0.4) is 0 Å². The molecule has 1 saturated heterocycles. The predicted octanol–water partition coefficient (Wildman–Crippen LogP) is 5.46. The summed E-state index contributed by atoms with van der Waals surface area (Å²) >= 11 is 0. The highest BCUT2D eigenvalue weighted by atomic mass is 16.5. The number of hydrogen-bond acceptors (Lipinski definition) is 4. The Balaban J connectivity index is 0.000000568. The van der Waals surface area contributed by atoms with E-state index in [0.29, 0.717) is 0 Å². The molecule has 0 spiro atoms. The van der Waals surface area contributed by atoms with Gasteiger partial charge in [0.2, 0.25) is 0 Å². The third-order valence-corrected chi connectivity index (χ3v) is 6.85. The Hall–Kier alpha value is -3.48.